The van der Waals surface area contributed by atoms with E-state index in [2.05, 4.69) is 43.8 Å². The van der Waals surface area contributed by atoms with Crippen LogP contribution in [0.2, 0.25) is 0 Å². The zero-order valence-corrected chi connectivity index (χ0v) is 13.7. The number of aromatic amines is 1. The highest BCUT2D eigenvalue weighted by molar-refractivity contribution is 5.40. The Morgan fingerprint density at radius 3 is 2.95 bits per heavy atom. The minimum atomic E-state index is 0.592. The summed E-state index contributed by atoms with van der Waals surface area (Å²) >= 11 is 0. The van der Waals surface area contributed by atoms with E-state index in [1.807, 2.05) is 20.3 Å². The molecular weight excluding hydrogens is 274 g/mol. The normalized spacial score (nSPS) is 19.3. The predicted molar refractivity (Wildman–Crippen MR) is 89.1 cm³/mol. The Morgan fingerprint density at radius 2 is 2.23 bits per heavy atom. The second-order valence-electron chi connectivity index (χ2n) is 6.39. The first-order valence-corrected chi connectivity index (χ1v) is 7.98. The summed E-state index contributed by atoms with van der Waals surface area (Å²) in [5, 5.41) is 0. The van der Waals surface area contributed by atoms with Crippen LogP contribution in [-0.4, -0.2) is 47.0 Å². The maximum atomic E-state index is 4.43. The van der Waals surface area contributed by atoms with Crippen LogP contribution in [0.3, 0.4) is 0 Å². The van der Waals surface area contributed by atoms with E-state index in [9.17, 15) is 0 Å². The molecule has 2 aromatic rings. The zero-order valence-electron chi connectivity index (χ0n) is 13.7. The van der Waals surface area contributed by atoms with Crippen molar-refractivity contribution >= 4 is 5.82 Å². The van der Waals surface area contributed by atoms with Crippen LogP contribution in [-0.2, 0) is 6.54 Å². The number of rotatable bonds is 4. The molecule has 1 saturated heterocycles. The molecule has 3 rings (SSSR count). The van der Waals surface area contributed by atoms with Crippen LogP contribution < -0.4 is 4.90 Å². The third-order valence-corrected chi connectivity index (χ3v) is 4.51. The molecule has 1 atom stereocenters. The average Bonchev–Trinajstić information content (AvgIpc) is 2.93. The molecule has 1 aliphatic heterocycles. The first-order valence-electron chi connectivity index (χ1n) is 7.98. The molecule has 0 saturated carbocycles. The topological polar surface area (TPSA) is 48.1 Å². The van der Waals surface area contributed by atoms with Crippen molar-refractivity contribution in [2.24, 2.45) is 0 Å². The Balaban J connectivity index is 1.70. The molecule has 1 unspecified atom stereocenters. The molecule has 0 bridgehead atoms. The molecule has 0 spiro atoms. The number of imidazole rings is 1. The number of nitrogens with zero attached hydrogens (tertiary/aromatic N) is 4. The van der Waals surface area contributed by atoms with E-state index in [1.165, 1.54) is 29.8 Å². The van der Waals surface area contributed by atoms with Gasteiger partial charge in [-0.25, -0.2) is 9.97 Å². The van der Waals surface area contributed by atoms with E-state index in [0.29, 0.717) is 5.92 Å². The van der Waals surface area contributed by atoms with Gasteiger partial charge < -0.3 is 9.88 Å². The number of aryl methyl sites for hydroxylation is 1. The van der Waals surface area contributed by atoms with E-state index >= 15 is 0 Å². The van der Waals surface area contributed by atoms with Crippen LogP contribution in [0.5, 0.6) is 0 Å². The van der Waals surface area contributed by atoms with E-state index in [1.54, 1.807) is 6.33 Å². The van der Waals surface area contributed by atoms with E-state index in [0.717, 1.165) is 25.5 Å². The average molecular weight is 299 g/mol. The Morgan fingerprint density at radius 1 is 1.36 bits per heavy atom. The van der Waals surface area contributed by atoms with Crippen molar-refractivity contribution in [2.45, 2.75) is 32.2 Å². The predicted octanol–water partition coefficient (Wildman–Crippen LogP) is 2.56. The van der Waals surface area contributed by atoms with Crippen LogP contribution in [0, 0.1) is 6.92 Å². The summed E-state index contributed by atoms with van der Waals surface area (Å²) in [5.74, 6) is 1.63. The highest BCUT2D eigenvalue weighted by Crippen LogP contribution is 2.29. The summed E-state index contributed by atoms with van der Waals surface area (Å²) in [4.78, 5) is 16.6. The van der Waals surface area contributed by atoms with E-state index in [-0.39, 0.29) is 0 Å². The Labute approximate surface area is 132 Å². The van der Waals surface area contributed by atoms with Gasteiger partial charge in [0, 0.05) is 39.1 Å². The fourth-order valence-corrected chi connectivity index (χ4v) is 3.16. The second-order valence-corrected chi connectivity index (χ2v) is 6.39. The van der Waals surface area contributed by atoms with Gasteiger partial charge in [-0.15, -0.1) is 0 Å². The van der Waals surface area contributed by atoms with Crippen LogP contribution in [0.25, 0.3) is 0 Å². The smallest absolute Gasteiger partial charge is 0.128 e. The molecule has 0 aromatic carbocycles. The molecule has 0 aliphatic carbocycles. The van der Waals surface area contributed by atoms with Gasteiger partial charge in [0.15, 0.2) is 0 Å². The molecule has 1 fully saturated rings. The van der Waals surface area contributed by atoms with Gasteiger partial charge in [0.25, 0.3) is 0 Å². The third-order valence-electron chi connectivity index (χ3n) is 4.51. The van der Waals surface area contributed by atoms with E-state index in [4.69, 9.17) is 0 Å². The monoisotopic (exact) mass is 299 g/mol. The quantitative estimate of drug-likeness (QED) is 0.942. The molecule has 118 valence electrons. The van der Waals surface area contributed by atoms with Crippen LogP contribution in [0.15, 0.2) is 24.7 Å². The largest absolute Gasteiger partial charge is 0.363 e. The van der Waals surface area contributed by atoms with E-state index < -0.39 is 0 Å². The first-order chi connectivity index (χ1) is 10.6. The lowest BCUT2D eigenvalue weighted by Gasteiger charge is -2.33. The minimum absolute atomic E-state index is 0.592. The number of H-pyrrole nitrogens is 1. The zero-order chi connectivity index (χ0) is 15.5. The summed E-state index contributed by atoms with van der Waals surface area (Å²) < 4.78 is 0. The Kier molecular flexibility index (Phi) is 4.43. The molecule has 0 amide bonds. The number of pyridine rings is 1. The van der Waals surface area contributed by atoms with Crippen LogP contribution >= 0.6 is 0 Å². The number of anilines is 1. The fourth-order valence-electron chi connectivity index (χ4n) is 3.16. The highest BCUT2D eigenvalue weighted by Gasteiger charge is 2.22. The summed E-state index contributed by atoms with van der Waals surface area (Å²) in [7, 11) is 4.08. The Bertz CT molecular complexity index is 619. The van der Waals surface area contributed by atoms with Gasteiger partial charge in [0.05, 0.1) is 12.0 Å². The SMILES string of the molecule is Cc1[nH]cnc1CN1CCCC(c2ccnc(N(C)C)c2)C1. The van der Waals surface area contributed by atoms with Gasteiger partial charge in [-0.05, 0) is 49.9 Å². The molecule has 5 heteroatoms. The van der Waals surface area contributed by atoms with Gasteiger partial charge in [-0.2, -0.15) is 0 Å². The molecule has 0 radical (unpaired) electrons. The lowest BCUT2D eigenvalue weighted by molar-refractivity contribution is 0.198. The number of aromatic nitrogens is 3. The summed E-state index contributed by atoms with van der Waals surface area (Å²) in [6.07, 6.45) is 6.22. The van der Waals surface area contributed by atoms with Crippen molar-refractivity contribution in [3.8, 4) is 0 Å². The maximum absolute atomic E-state index is 4.43. The number of nitrogens with one attached hydrogen (secondary N) is 1. The molecule has 5 nitrogen and oxygen atoms in total. The standard InChI is InChI=1S/C17H25N5/c1-13-16(20-12-19-13)11-22-8-4-5-15(10-22)14-6-7-18-17(9-14)21(2)3/h6-7,9,12,15H,4-5,8,10-11H2,1-3H3,(H,19,20). The third kappa shape index (κ3) is 3.30. The van der Waals surface area contributed by atoms with Crippen LogP contribution in [0.1, 0.15) is 35.7 Å². The van der Waals surface area contributed by atoms with Gasteiger partial charge in [-0.3, -0.25) is 4.90 Å². The molecule has 1 N–H and O–H groups in total. The summed E-state index contributed by atoms with van der Waals surface area (Å²) in [6, 6.07) is 4.40. The minimum Gasteiger partial charge on any atom is -0.363 e. The maximum Gasteiger partial charge on any atom is 0.128 e. The number of hydrogen-bond donors (Lipinski definition) is 1. The number of likely N-dealkylation sites (tertiary alicyclic amines) is 1. The van der Waals surface area contributed by atoms with Crippen molar-refractivity contribution in [1.82, 2.24) is 19.9 Å². The lowest BCUT2D eigenvalue weighted by Crippen LogP contribution is -2.34. The van der Waals surface area contributed by atoms with Crippen LogP contribution in [0.4, 0.5) is 5.82 Å². The summed E-state index contributed by atoms with van der Waals surface area (Å²) in [5.41, 5.74) is 3.76. The molecule has 1 aliphatic rings. The Hall–Kier alpha value is -1.88. The van der Waals surface area contributed by atoms with Gasteiger partial charge in [0.2, 0.25) is 0 Å². The number of hydrogen-bond acceptors (Lipinski definition) is 4. The first kappa shape index (κ1) is 15.0. The van der Waals surface area contributed by atoms with Crippen molar-refractivity contribution in [2.75, 3.05) is 32.1 Å². The summed E-state index contributed by atoms with van der Waals surface area (Å²) in [6.45, 7) is 5.30. The van der Waals surface area contributed by atoms with Gasteiger partial charge >= 0.3 is 0 Å². The lowest BCUT2D eigenvalue weighted by atomic mass is 9.91. The van der Waals surface area contributed by atoms with Gasteiger partial charge in [-0.1, -0.05) is 0 Å². The van der Waals surface area contributed by atoms with Crippen molar-refractivity contribution < 1.29 is 0 Å². The van der Waals surface area contributed by atoms with Crippen molar-refractivity contribution in [1.29, 1.82) is 0 Å². The van der Waals surface area contributed by atoms with Crippen molar-refractivity contribution in [3.05, 3.63) is 41.6 Å². The molecule has 2 aromatic heterocycles. The second kappa shape index (κ2) is 6.48. The number of piperidine rings is 1. The molecule has 3 heterocycles. The van der Waals surface area contributed by atoms with Crippen molar-refractivity contribution in [3.63, 3.8) is 0 Å². The fraction of sp³-hybridized carbons (Fsp3) is 0.529. The highest BCUT2D eigenvalue weighted by atomic mass is 15.1. The van der Waals surface area contributed by atoms with Gasteiger partial charge in [0.1, 0.15) is 5.82 Å². The molecule has 22 heavy (non-hydrogen) atoms. The molecular formula is C17H25N5.